The molecule has 1 aromatic heterocycles. The number of nitrogens with two attached hydrogens (primary N) is 1. The van der Waals surface area contributed by atoms with Gasteiger partial charge in [-0.25, -0.2) is 4.79 Å². The lowest BCUT2D eigenvalue weighted by Gasteiger charge is -2.23. The van der Waals surface area contributed by atoms with Crippen LogP contribution in [0.2, 0.25) is 0 Å². The van der Waals surface area contributed by atoms with Crippen molar-refractivity contribution in [3.05, 3.63) is 35.9 Å². The maximum absolute atomic E-state index is 12.7. The van der Waals surface area contributed by atoms with E-state index in [1.807, 2.05) is 24.3 Å². The van der Waals surface area contributed by atoms with E-state index in [9.17, 15) is 9.59 Å². The molecule has 0 radical (unpaired) electrons. The highest BCUT2D eigenvalue weighted by atomic mass is 32.1. The summed E-state index contributed by atoms with van der Waals surface area (Å²) in [6.45, 7) is 1.72. The van der Waals surface area contributed by atoms with Crippen LogP contribution in [-0.4, -0.2) is 38.2 Å². The first-order chi connectivity index (χ1) is 12.6. The molecule has 138 valence electrons. The van der Waals surface area contributed by atoms with Crippen LogP contribution in [0.1, 0.15) is 23.2 Å². The van der Waals surface area contributed by atoms with Gasteiger partial charge >= 0.3 is 6.03 Å². The standard InChI is InChI=1S/C18H22N4O3S/c1-25-13-6-2-4-11(8-13)15-9-14(17(26-15)22-18(19)24)16(23)21-12-5-3-7-20-10-12/h2,4,6,8-9,12,20H,3,5,7,10H2,1H3,(H,21,23)(H3,19,22,24)/t12-/m0/s1. The van der Waals surface area contributed by atoms with Crippen molar-refractivity contribution in [1.82, 2.24) is 10.6 Å². The number of hydrogen-bond acceptors (Lipinski definition) is 5. The van der Waals surface area contributed by atoms with E-state index in [-0.39, 0.29) is 11.9 Å². The van der Waals surface area contributed by atoms with Crippen molar-refractivity contribution in [3.63, 3.8) is 0 Å². The molecule has 1 atom stereocenters. The molecule has 1 aliphatic heterocycles. The molecule has 0 aliphatic carbocycles. The van der Waals surface area contributed by atoms with E-state index < -0.39 is 6.03 Å². The van der Waals surface area contributed by atoms with Gasteiger partial charge in [-0.05, 0) is 43.1 Å². The topological polar surface area (TPSA) is 105 Å². The Morgan fingerprint density at radius 1 is 1.35 bits per heavy atom. The first-order valence-electron chi connectivity index (χ1n) is 8.43. The first-order valence-corrected chi connectivity index (χ1v) is 9.25. The molecule has 0 bridgehead atoms. The van der Waals surface area contributed by atoms with E-state index in [2.05, 4.69) is 16.0 Å². The number of thiophene rings is 1. The highest BCUT2D eigenvalue weighted by Gasteiger charge is 2.22. The maximum atomic E-state index is 12.7. The molecule has 1 saturated heterocycles. The number of urea groups is 1. The SMILES string of the molecule is COc1cccc(-c2cc(C(=O)N[C@H]3CCCNC3)c(NC(N)=O)s2)c1. The normalized spacial score (nSPS) is 16.7. The van der Waals surface area contributed by atoms with Gasteiger partial charge in [-0.15, -0.1) is 11.3 Å². The third-order valence-corrected chi connectivity index (χ3v) is 5.30. The van der Waals surface area contributed by atoms with Crippen molar-refractivity contribution in [2.24, 2.45) is 5.73 Å². The molecule has 1 aromatic carbocycles. The molecule has 1 fully saturated rings. The van der Waals surface area contributed by atoms with Crippen molar-refractivity contribution in [1.29, 1.82) is 0 Å². The minimum Gasteiger partial charge on any atom is -0.497 e. The number of nitrogens with one attached hydrogen (secondary N) is 3. The molecule has 2 heterocycles. The van der Waals surface area contributed by atoms with Crippen molar-refractivity contribution in [2.75, 3.05) is 25.5 Å². The summed E-state index contributed by atoms with van der Waals surface area (Å²) in [7, 11) is 1.60. The summed E-state index contributed by atoms with van der Waals surface area (Å²) in [5.41, 5.74) is 6.58. The number of carbonyl (C=O) groups excluding carboxylic acids is 2. The van der Waals surface area contributed by atoms with Gasteiger partial charge in [0.15, 0.2) is 0 Å². The molecule has 1 aliphatic rings. The molecule has 5 N–H and O–H groups in total. The number of ether oxygens (including phenoxy) is 1. The Balaban J connectivity index is 1.88. The van der Waals surface area contributed by atoms with Gasteiger partial charge in [0, 0.05) is 17.5 Å². The number of methoxy groups -OCH3 is 1. The van der Waals surface area contributed by atoms with Crippen LogP contribution in [0, 0.1) is 0 Å². The molecule has 3 amide bonds. The van der Waals surface area contributed by atoms with E-state index in [4.69, 9.17) is 10.5 Å². The van der Waals surface area contributed by atoms with Crippen LogP contribution in [0.5, 0.6) is 5.75 Å². The minimum absolute atomic E-state index is 0.0813. The fraction of sp³-hybridized carbons (Fsp3) is 0.333. The molecular formula is C18H22N4O3S. The van der Waals surface area contributed by atoms with Gasteiger partial charge < -0.3 is 21.1 Å². The van der Waals surface area contributed by atoms with E-state index in [1.165, 1.54) is 11.3 Å². The van der Waals surface area contributed by atoms with Crippen LogP contribution in [0.3, 0.4) is 0 Å². The first kappa shape index (κ1) is 18.2. The van der Waals surface area contributed by atoms with E-state index >= 15 is 0 Å². The Hall–Kier alpha value is -2.58. The summed E-state index contributed by atoms with van der Waals surface area (Å²) >= 11 is 1.31. The fourth-order valence-corrected chi connectivity index (χ4v) is 3.98. The highest BCUT2D eigenvalue weighted by molar-refractivity contribution is 7.20. The zero-order valence-corrected chi connectivity index (χ0v) is 15.3. The second-order valence-corrected chi connectivity index (χ2v) is 7.14. The average Bonchev–Trinajstić information content (AvgIpc) is 3.06. The Bertz CT molecular complexity index is 799. The van der Waals surface area contributed by atoms with Gasteiger partial charge in [0.05, 0.1) is 12.7 Å². The lowest BCUT2D eigenvalue weighted by molar-refractivity contribution is 0.0932. The van der Waals surface area contributed by atoms with Crippen molar-refractivity contribution < 1.29 is 14.3 Å². The minimum atomic E-state index is -0.697. The zero-order chi connectivity index (χ0) is 18.5. The smallest absolute Gasteiger partial charge is 0.317 e. The number of benzene rings is 1. The summed E-state index contributed by atoms with van der Waals surface area (Å²) < 4.78 is 5.25. The Kier molecular flexibility index (Phi) is 5.75. The Morgan fingerprint density at radius 3 is 2.88 bits per heavy atom. The Morgan fingerprint density at radius 2 is 2.19 bits per heavy atom. The average molecular weight is 374 g/mol. The van der Waals surface area contributed by atoms with Gasteiger partial charge in [-0.1, -0.05) is 12.1 Å². The second-order valence-electron chi connectivity index (χ2n) is 6.09. The third kappa shape index (κ3) is 4.33. The quantitative estimate of drug-likeness (QED) is 0.645. The van der Waals surface area contributed by atoms with Gasteiger partial charge in [-0.3, -0.25) is 10.1 Å². The summed E-state index contributed by atoms with van der Waals surface area (Å²) in [5.74, 6) is 0.507. The van der Waals surface area contributed by atoms with Gasteiger partial charge in [0.2, 0.25) is 0 Å². The second kappa shape index (κ2) is 8.20. The Labute approximate surface area is 155 Å². The molecule has 2 aromatic rings. The molecular weight excluding hydrogens is 352 g/mol. The number of hydrogen-bond donors (Lipinski definition) is 4. The summed E-state index contributed by atoms with van der Waals surface area (Å²) in [6, 6.07) is 8.69. The highest BCUT2D eigenvalue weighted by Crippen LogP contribution is 2.36. The molecule has 8 heteroatoms. The summed E-state index contributed by atoms with van der Waals surface area (Å²) in [4.78, 5) is 24.9. The van der Waals surface area contributed by atoms with Gasteiger partial charge in [0.1, 0.15) is 10.8 Å². The molecule has 3 rings (SSSR count). The number of amides is 3. The van der Waals surface area contributed by atoms with Crippen LogP contribution in [0.15, 0.2) is 30.3 Å². The van der Waals surface area contributed by atoms with Crippen LogP contribution in [0.4, 0.5) is 9.80 Å². The number of primary amides is 1. The van der Waals surface area contributed by atoms with Crippen LogP contribution >= 0.6 is 11.3 Å². The number of anilines is 1. The van der Waals surface area contributed by atoms with Crippen molar-refractivity contribution in [3.8, 4) is 16.2 Å². The summed E-state index contributed by atoms with van der Waals surface area (Å²) in [6.07, 6.45) is 1.96. The molecule has 0 saturated carbocycles. The van der Waals surface area contributed by atoms with Crippen molar-refractivity contribution >= 4 is 28.3 Å². The van der Waals surface area contributed by atoms with Crippen LogP contribution < -0.4 is 26.4 Å². The van der Waals surface area contributed by atoms with Crippen LogP contribution in [-0.2, 0) is 0 Å². The molecule has 0 unspecified atom stereocenters. The molecule has 7 nitrogen and oxygen atoms in total. The maximum Gasteiger partial charge on any atom is 0.317 e. The predicted octanol–water partition coefficient (Wildman–Crippen LogP) is 2.40. The van der Waals surface area contributed by atoms with Gasteiger partial charge in [-0.2, -0.15) is 0 Å². The number of piperidine rings is 1. The zero-order valence-electron chi connectivity index (χ0n) is 14.5. The predicted molar refractivity (Wildman–Crippen MR) is 103 cm³/mol. The van der Waals surface area contributed by atoms with Crippen LogP contribution in [0.25, 0.3) is 10.4 Å². The lowest BCUT2D eigenvalue weighted by Crippen LogP contribution is -2.45. The lowest BCUT2D eigenvalue weighted by atomic mass is 10.1. The fourth-order valence-electron chi connectivity index (χ4n) is 2.92. The van der Waals surface area contributed by atoms with E-state index in [1.54, 1.807) is 13.2 Å². The number of carbonyl (C=O) groups is 2. The molecule has 26 heavy (non-hydrogen) atoms. The van der Waals surface area contributed by atoms with E-state index in [0.717, 1.165) is 42.1 Å². The number of rotatable bonds is 5. The monoisotopic (exact) mass is 374 g/mol. The van der Waals surface area contributed by atoms with Gasteiger partial charge in [0.25, 0.3) is 5.91 Å². The largest absolute Gasteiger partial charge is 0.497 e. The van der Waals surface area contributed by atoms with Crippen molar-refractivity contribution in [2.45, 2.75) is 18.9 Å². The van der Waals surface area contributed by atoms with E-state index in [0.29, 0.717) is 10.6 Å². The third-order valence-electron chi connectivity index (χ3n) is 4.20. The molecule has 0 spiro atoms. The summed E-state index contributed by atoms with van der Waals surface area (Å²) in [5, 5.41) is 9.29.